The second kappa shape index (κ2) is 7.04. The summed E-state index contributed by atoms with van der Waals surface area (Å²) in [6, 6.07) is 0.254. The van der Waals surface area contributed by atoms with Gasteiger partial charge in [0.1, 0.15) is 0 Å². The molecule has 2 unspecified atom stereocenters. The Morgan fingerprint density at radius 3 is 2.53 bits per heavy atom. The quantitative estimate of drug-likeness (QED) is 0.811. The van der Waals surface area contributed by atoms with Gasteiger partial charge in [-0.1, -0.05) is 19.3 Å². The van der Waals surface area contributed by atoms with Crippen LogP contribution in [-0.4, -0.2) is 44.7 Å². The third-order valence-corrected chi connectivity index (χ3v) is 6.70. The van der Waals surface area contributed by atoms with Crippen molar-refractivity contribution in [2.75, 3.05) is 18.9 Å². The van der Waals surface area contributed by atoms with Gasteiger partial charge in [-0.25, -0.2) is 8.42 Å². The van der Waals surface area contributed by atoms with E-state index in [1.165, 1.54) is 6.42 Å². The maximum absolute atomic E-state index is 12.2. The van der Waals surface area contributed by atoms with Crippen LogP contribution in [0, 0.1) is 0 Å². The fourth-order valence-electron chi connectivity index (χ4n) is 3.15. The number of hydrogen-bond donors (Lipinski definition) is 1. The van der Waals surface area contributed by atoms with E-state index >= 15 is 0 Å². The van der Waals surface area contributed by atoms with E-state index in [0.29, 0.717) is 6.54 Å². The molecule has 2 fully saturated rings. The van der Waals surface area contributed by atoms with Gasteiger partial charge in [0.2, 0.25) is 0 Å². The fourth-order valence-corrected chi connectivity index (χ4v) is 4.94. The van der Waals surface area contributed by atoms with Crippen LogP contribution in [-0.2, 0) is 14.6 Å². The summed E-state index contributed by atoms with van der Waals surface area (Å²) in [7, 11) is -2.91. The zero-order chi connectivity index (χ0) is 13.7. The van der Waals surface area contributed by atoms with Crippen molar-refractivity contribution in [3.05, 3.63) is 0 Å². The topological polar surface area (TPSA) is 55.4 Å². The highest BCUT2D eigenvalue weighted by Gasteiger charge is 2.27. The predicted octanol–water partition coefficient (Wildman–Crippen LogP) is 1.89. The van der Waals surface area contributed by atoms with Crippen molar-refractivity contribution < 1.29 is 13.2 Å². The molecule has 2 rings (SSSR count). The van der Waals surface area contributed by atoms with Gasteiger partial charge >= 0.3 is 0 Å². The molecule has 4 nitrogen and oxygen atoms in total. The number of nitrogens with one attached hydrogen (secondary N) is 1. The molecule has 2 aliphatic rings. The van der Waals surface area contributed by atoms with Gasteiger partial charge in [-0.15, -0.1) is 0 Å². The van der Waals surface area contributed by atoms with Crippen LogP contribution >= 0.6 is 0 Å². The van der Waals surface area contributed by atoms with Gasteiger partial charge in [0.15, 0.2) is 9.84 Å². The summed E-state index contributed by atoms with van der Waals surface area (Å²) in [5.41, 5.74) is 0. The molecule has 1 aliphatic heterocycles. The normalized spacial score (nSPS) is 27.5. The maximum Gasteiger partial charge on any atom is 0.154 e. The van der Waals surface area contributed by atoms with Crippen LogP contribution < -0.4 is 5.32 Å². The second-order valence-electron chi connectivity index (χ2n) is 5.92. The van der Waals surface area contributed by atoms with Crippen LogP contribution in [0.15, 0.2) is 0 Å². The molecule has 112 valence electrons. The summed E-state index contributed by atoms with van der Waals surface area (Å²) in [6.07, 6.45) is 7.54. The van der Waals surface area contributed by atoms with Crippen molar-refractivity contribution in [2.45, 2.75) is 69.3 Å². The van der Waals surface area contributed by atoms with Crippen molar-refractivity contribution >= 4 is 9.84 Å². The first-order valence-corrected chi connectivity index (χ1v) is 9.38. The summed E-state index contributed by atoms with van der Waals surface area (Å²) in [4.78, 5) is 0. The zero-order valence-electron chi connectivity index (χ0n) is 11.9. The predicted molar refractivity (Wildman–Crippen MR) is 77.1 cm³/mol. The van der Waals surface area contributed by atoms with Gasteiger partial charge in [-0.2, -0.15) is 0 Å². The number of rotatable bonds is 6. The summed E-state index contributed by atoms with van der Waals surface area (Å²) in [5.74, 6) is 0.273. The van der Waals surface area contributed by atoms with Gasteiger partial charge in [0.25, 0.3) is 0 Å². The minimum atomic E-state index is -2.91. The molecule has 0 aromatic carbocycles. The number of hydrogen-bond acceptors (Lipinski definition) is 4. The van der Waals surface area contributed by atoms with Crippen molar-refractivity contribution in [1.29, 1.82) is 0 Å². The van der Waals surface area contributed by atoms with Gasteiger partial charge in [-0.05, 0) is 32.6 Å². The van der Waals surface area contributed by atoms with Crippen molar-refractivity contribution in [1.82, 2.24) is 5.32 Å². The molecule has 1 heterocycles. The highest BCUT2D eigenvalue weighted by atomic mass is 32.2. The SMILES string of the molecule is CC(NCCS(=O)(=O)C1CCCCC1)C1CCCO1. The Hall–Kier alpha value is -0.130. The van der Waals surface area contributed by atoms with Gasteiger partial charge < -0.3 is 10.1 Å². The van der Waals surface area contributed by atoms with E-state index < -0.39 is 9.84 Å². The molecule has 5 heteroatoms. The lowest BCUT2D eigenvalue weighted by molar-refractivity contribution is 0.0844. The first-order valence-electron chi connectivity index (χ1n) is 7.66. The molecule has 1 saturated heterocycles. The number of sulfone groups is 1. The maximum atomic E-state index is 12.2. The van der Waals surface area contributed by atoms with Crippen LogP contribution in [0.2, 0.25) is 0 Å². The lowest BCUT2D eigenvalue weighted by Crippen LogP contribution is -2.40. The third kappa shape index (κ3) is 4.43. The minimum absolute atomic E-state index is 0.0823. The molecule has 0 bridgehead atoms. The van der Waals surface area contributed by atoms with Crippen LogP contribution in [0.25, 0.3) is 0 Å². The Morgan fingerprint density at radius 1 is 1.16 bits per heavy atom. The molecule has 19 heavy (non-hydrogen) atoms. The Morgan fingerprint density at radius 2 is 1.89 bits per heavy atom. The Labute approximate surface area is 117 Å². The number of ether oxygens (including phenoxy) is 1. The molecule has 0 radical (unpaired) electrons. The highest BCUT2D eigenvalue weighted by molar-refractivity contribution is 7.92. The van der Waals surface area contributed by atoms with Crippen molar-refractivity contribution in [2.24, 2.45) is 0 Å². The van der Waals surface area contributed by atoms with Crippen LogP contribution in [0.4, 0.5) is 0 Å². The average Bonchev–Trinajstić information content (AvgIpc) is 2.93. The lowest BCUT2D eigenvalue weighted by atomic mass is 10.0. The smallest absolute Gasteiger partial charge is 0.154 e. The second-order valence-corrected chi connectivity index (χ2v) is 8.32. The van der Waals surface area contributed by atoms with Crippen molar-refractivity contribution in [3.63, 3.8) is 0 Å². The fraction of sp³-hybridized carbons (Fsp3) is 1.00. The van der Waals surface area contributed by atoms with E-state index in [0.717, 1.165) is 45.1 Å². The average molecular weight is 289 g/mol. The molecule has 2 atom stereocenters. The summed E-state index contributed by atoms with van der Waals surface area (Å²) in [6.45, 7) is 3.49. The molecule has 1 saturated carbocycles. The van der Waals surface area contributed by atoms with Crippen LogP contribution in [0.5, 0.6) is 0 Å². The molecule has 0 spiro atoms. The Kier molecular flexibility index (Phi) is 5.66. The summed E-state index contributed by atoms with van der Waals surface area (Å²) in [5, 5.41) is 3.23. The van der Waals surface area contributed by atoms with E-state index in [-0.39, 0.29) is 23.1 Å². The molecule has 0 aromatic heterocycles. The van der Waals surface area contributed by atoms with E-state index in [9.17, 15) is 8.42 Å². The molecule has 0 aromatic rings. The standard InChI is InChI=1S/C14H27NO3S/c1-12(14-8-5-10-18-14)15-9-11-19(16,17)13-6-3-2-4-7-13/h12-15H,2-11H2,1H3. The van der Waals surface area contributed by atoms with Gasteiger partial charge in [0.05, 0.1) is 17.1 Å². The Bertz CT molecular complexity index is 357. The minimum Gasteiger partial charge on any atom is -0.377 e. The molecule has 0 amide bonds. The summed E-state index contributed by atoms with van der Waals surface area (Å²) < 4.78 is 30.0. The molecular formula is C14H27NO3S. The summed E-state index contributed by atoms with van der Waals surface area (Å²) >= 11 is 0. The third-order valence-electron chi connectivity index (χ3n) is 4.44. The van der Waals surface area contributed by atoms with Crippen molar-refractivity contribution in [3.8, 4) is 0 Å². The first kappa shape index (κ1) is 15.3. The zero-order valence-corrected chi connectivity index (χ0v) is 12.8. The molecule has 1 aliphatic carbocycles. The van der Waals surface area contributed by atoms with E-state index in [1.54, 1.807) is 0 Å². The van der Waals surface area contributed by atoms with Crippen LogP contribution in [0.1, 0.15) is 51.9 Å². The molecule has 1 N–H and O–H groups in total. The first-order chi connectivity index (χ1) is 9.09. The highest BCUT2D eigenvalue weighted by Crippen LogP contribution is 2.24. The van der Waals surface area contributed by atoms with Crippen LogP contribution in [0.3, 0.4) is 0 Å². The largest absolute Gasteiger partial charge is 0.377 e. The van der Waals surface area contributed by atoms with E-state index in [2.05, 4.69) is 12.2 Å². The van der Waals surface area contributed by atoms with Gasteiger partial charge in [-0.3, -0.25) is 0 Å². The Balaban J connectivity index is 1.71. The van der Waals surface area contributed by atoms with E-state index in [4.69, 9.17) is 4.74 Å². The van der Waals surface area contributed by atoms with Gasteiger partial charge in [0, 0.05) is 19.2 Å². The molecular weight excluding hydrogens is 262 g/mol. The lowest BCUT2D eigenvalue weighted by Gasteiger charge is -2.23. The van der Waals surface area contributed by atoms with E-state index in [1.807, 2.05) is 0 Å². The monoisotopic (exact) mass is 289 g/mol.